The van der Waals surface area contributed by atoms with E-state index in [4.69, 9.17) is 16.7 Å². The van der Waals surface area contributed by atoms with E-state index in [2.05, 4.69) is 15.9 Å². The molecule has 0 amide bonds. The van der Waals surface area contributed by atoms with Crippen molar-refractivity contribution < 1.29 is 13.9 Å². The van der Waals surface area contributed by atoms with Crippen molar-refractivity contribution in [3.63, 3.8) is 0 Å². The second-order valence-corrected chi connectivity index (χ2v) is 4.09. The van der Waals surface area contributed by atoms with E-state index in [0.29, 0.717) is 5.02 Å². The van der Waals surface area contributed by atoms with Crippen molar-refractivity contribution in [1.82, 2.24) is 0 Å². The van der Waals surface area contributed by atoms with E-state index in [1.54, 1.807) is 0 Å². The normalized spacial score (nSPS) is 11.8. The lowest BCUT2D eigenvalue weighted by Gasteiger charge is -2.16. The molecule has 1 N–H and O–H groups in total. The Balaban J connectivity index is 3.06. The SMILES string of the molecule is OCCC(F)(F)c1ccc(Cl)cc1Br. The Hall–Kier alpha value is -0.190. The van der Waals surface area contributed by atoms with Crippen molar-refractivity contribution in [3.05, 3.63) is 33.3 Å². The first-order chi connectivity index (χ1) is 6.47. The van der Waals surface area contributed by atoms with Gasteiger partial charge in [-0.05, 0) is 12.1 Å². The minimum Gasteiger partial charge on any atom is -0.396 e. The zero-order valence-corrected chi connectivity index (χ0v) is 9.45. The van der Waals surface area contributed by atoms with E-state index in [1.165, 1.54) is 18.2 Å². The van der Waals surface area contributed by atoms with Crippen LogP contribution in [-0.4, -0.2) is 11.7 Å². The first-order valence-electron chi connectivity index (χ1n) is 3.91. The van der Waals surface area contributed by atoms with Gasteiger partial charge >= 0.3 is 0 Å². The van der Waals surface area contributed by atoms with E-state index >= 15 is 0 Å². The lowest BCUT2D eigenvalue weighted by Crippen LogP contribution is -2.15. The van der Waals surface area contributed by atoms with Gasteiger partial charge in [0.1, 0.15) is 0 Å². The lowest BCUT2D eigenvalue weighted by atomic mass is 10.1. The van der Waals surface area contributed by atoms with Gasteiger partial charge in [-0.15, -0.1) is 0 Å². The first-order valence-corrected chi connectivity index (χ1v) is 5.08. The van der Waals surface area contributed by atoms with Gasteiger partial charge in [-0.25, -0.2) is 8.78 Å². The molecule has 1 rings (SSSR count). The summed E-state index contributed by atoms with van der Waals surface area (Å²) in [6, 6.07) is 4.05. The van der Waals surface area contributed by atoms with Gasteiger partial charge in [0.15, 0.2) is 0 Å². The molecule has 5 heteroatoms. The number of hydrogen-bond donors (Lipinski definition) is 1. The van der Waals surface area contributed by atoms with E-state index in [-0.39, 0.29) is 10.0 Å². The fourth-order valence-corrected chi connectivity index (χ4v) is 2.03. The van der Waals surface area contributed by atoms with Crippen LogP contribution < -0.4 is 0 Å². The Morgan fingerprint density at radius 1 is 1.43 bits per heavy atom. The van der Waals surface area contributed by atoms with Crippen molar-refractivity contribution in [2.24, 2.45) is 0 Å². The summed E-state index contributed by atoms with van der Waals surface area (Å²) in [7, 11) is 0. The summed E-state index contributed by atoms with van der Waals surface area (Å²) in [5.41, 5.74) is -0.157. The first kappa shape index (κ1) is 11.9. The molecule has 1 aromatic carbocycles. The number of benzene rings is 1. The molecule has 0 aromatic heterocycles. The standard InChI is InChI=1S/C9H8BrClF2O/c10-8-5-6(11)1-2-7(8)9(12,13)3-4-14/h1-2,5,14H,3-4H2. The summed E-state index contributed by atoms with van der Waals surface area (Å²) in [5, 5.41) is 8.88. The largest absolute Gasteiger partial charge is 0.396 e. The van der Waals surface area contributed by atoms with Crippen LogP contribution in [0.1, 0.15) is 12.0 Å². The van der Waals surface area contributed by atoms with Gasteiger partial charge in [0.25, 0.3) is 5.92 Å². The number of hydrogen-bond acceptors (Lipinski definition) is 1. The molecule has 0 radical (unpaired) electrons. The number of aliphatic hydroxyl groups excluding tert-OH is 1. The molecule has 1 nitrogen and oxygen atoms in total. The molecule has 0 aliphatic rings. The summed E-state index contributed by atoms with van der Waals surface area (Å²) in [5.74, 6) is -3.03. The molecule has 0 unspecified atom stereocenters. The third-order valence-electron chi connectivity index (χ3n) is 1.75. The third-order valence-corrected chi connectivity index (χ3v) is 2.64. The molecule has 0 fully saturated rings. The molecule has 78 valence electrons. The van der Waals surface area contributed by atoms with Gasteiger partial charge < -0.3 is 5.11 Å². The van der Waals surface area contributed by atoms with Crippen LogP contribution in [0.4, 0.5) is 8.78 Å². The van der Waals surface area contributed by atoms with Gasteiger partial charge in [0.05, 0.1) is 0 Å². The third kappa shape index (κ3) is 2.65. The molecular formula is C9H8BrClF2O. The van der Waals surface area contributed by atoms with Gasteiger partial charge in [0, 0.05) is 28.1 Å². The van der Waals surface area contributed by atoms with E-state index in [1.807, 2.05) is 0 Å². The summed E-state index contributed by atoms with van der Waals surface area (Å²) < 4.78 is 26.9. The van der Waals surface area contributed by atoms with Gasteiger partial charge in [-0.3, -0.25) is 0 Å². The maximum atomic E-state index is 13.3. The predicted molar refractivity (Wildman–Crippen MR) is 54.7 cm³/mol. The average Bonchev–Trinajstić information content (AvgIpc) is 2.02. The van der Waals surface area contributed by atoms with Crippen molar-refractivity contribution >= 4 is 27.5 Å². The van der Waals surface area contributed by atoms with Crippen molar-refractivity contribution in [2.45, 2.75) is 12.3 Å². The molecule has 14 heavy (non-hydrogen) atoms. The minimum atomic E-state index is -3.03. The second-order valence-electron chi connectivity index (χ2n) is 2.80. The molecule has 0 bridgehead atoms. The van der Waals surface area contributed by atoms with Gasteiger partial charge in [-0.2, -0.15) is 0 Å². The highest BCUT2D eigenvalue weighted by molar-refractivity contribution is 9.10. The van der Waals surface area contributed by atoms with Crippen LogP contribution in [0.5, 0.6) is 0 Å². The smallest absolute Gasteiger partial charge is 0.276 e. The van der Waals surface area contributed by atoms with Crippen molar-refractivity contribution in [1.29, 1.82) is 0 Å². The molecule has 0 spiro atoms. The number of rotatable bonds is 3. The number of halogens is 4. The molecule has 0 saturated heterocycles. The van der Waals surface area contributed by atoms with Gasteiger partial charge in [-0.1, -0.05) is 33.6 Å². The zero-order valence-electron chi connectivity index (χ0n) is 7.11. The van der Waals surface area contributed by atoms with E-state index < -0.39 is 19.0 Å². The molecule has 0 saturated carbocycles. The Labute approximate surface area is 93.8 Å². The molecule has 0 aliphatic heterocycles. The molecule has 0 atom stereocenters. The van der Waals surface area contributed by atoms with Crippen LogP contribution in [0.3, 0.4) is 0 Å². The molecule has 1 aromatic rings. The Morgan fingerprint density at radius 2 is 2.07 bits per heavy atom. The minimum absolute atomic E-state index is 0.157. The van der Waals surface area contributed by atoms with Crippen LogP contribution >= 0.6 is 27.5 Å². The van der Waals surface area contributed by atoms with Crippen LogP contribution in [0.15, 0.2) is 22.7 Å². The Bertz CT molecular complexity index is 331. The maximum absolute atomic E-state index is 13.3. The average molecular weight is 286 g/mol. The highest BCUT2D eigenvalue weighted by Gasteiger charge is 2.32. The Morgan fingerprint density at radius 3 is 2.57 bits per heavy atom. The molecular weight excluding hydrogens is 277 g/mol. The van der Waals surface area contributed by atoms with Crippen LogP contribution in [0.2, 0.25) is 5.02 Å². The summed E-state index contributed by atoms with van der Waals surface area (Å²) in [6.07, 6.45) is -0.590. The highest BCUT2D eigenvalue weighted by atomic mass is 79.9. The lowest BCUT2D eigenvalue weighted by molar-refractivity contribution is -0.0276. The van der Waals surface area contributed by atoms with Crippen molar-refractivity contribution in [3.8, 4) is 0 Å². The maximum Gasteiger partial charge on any atom is 0.276 e. The molecule has 0 aliphatic carbocycles. The van der Waals surface area contributed by atoms with E-state index in [9.17, 15) is 8.78 Å². The van der Waals surface area contributed by atoms with Crippen molar-refractivity contribution in [2.75, 3.05) is 6.61 Å². The van der Waals surface area contributed by atoms with Crippen LogP contribution in [-0.2, 0) is 5.92 Å². The Kier molecular flexibility index (Phi) is 3.86. The highest BCUT2D eigenvalue weighted by Crippen LogP contribution is 2.37. The second kappa shape index (κ2) is 4.55. The van der Waals surface area contributed by atoms with Crippen LogP contribution in [0.25, 0.3) is 0 Å². The summed E-state index contributed by atoms with van der Waals surface area (Å²) >= 11 is 8.63. The fraction of sp³-hybridized carbons (Fsp3) is 0.333. The number of alkyl halides is 2. The fourth-order valence-electron chi connectivity index (χ4n) is 1.06. The number of aliphatic hydroxyl groups is 1. The van der Waals surface area contributed by atoms with Gasteiger partial charge in [0.2, 0.25) is 0 Å². The molecule has 0 heterocycles. The quantitative estimate of drug-likeness (QED) is 0.900. The summed E-state index contributed by atoms with van der Waals surface area (Å²) in [6.45, 7) is -0.554. The summed E-state index contributed by atoms with van der Waals surface area (Å²) in [4.78, 5) is 0. The topological polar surface area (TPSA) is 20.2 Å². The van der Waals surface area contributed by atoms with E-state index in [0.717, 1.165) is 0 Å². The zero-order chi connectivity index (χ0) is 10.8. The predicted octanol–water partition coefficient (Wildman–Crippen LogP) is 3.58. The van der Waals surface area contributed by atoms with Crippen LogP contribution in [0, 0.1) is 0 Å². The monoisotopic (exact) mass is 284 g/mol.